The molecule has 5 nitrogen and oxygen atoms in total. The number of aryl methyl sites for hydroxylation is 1. The third-order valence-electron chi connectivity index (χ3n) is 4.22. The van der Waals surface area contributed by atoms with E-state index in [0.717, 1.165) is 16.8 Å². The molecule has 3 rings (SSSR count). The number of hydrogen-bond acceptors (Lipinski definition) is 4. The summed E-state index contributed by atoms with van der Waals surface area (Å²) in [7, 11) is 1.32. The van der Waals surface area contributed by atoms with Crippen LogP contribution in [0.3, 0.4) is 0 Å². The van der Waals surface area contributed by atoms with Crippen molar-refractivity contribution in [2.24, 2.45) is 0 Å². The van der Waals surface area contributed by atoms with Gasteiger partial charge in [0, 0.05) is 22.8 Å². The lowest BCUT2D eigenvalue weighted by atomic mass is 10.0. The molecule has 0 spiro atoms. The number of nitrogens with zero attached hydrogens (tertiary/aromatic N) is 2. The van der Waals surface area contributed by atoms with Crippen LogP contribution in [-0.2, 0) is 4.74 Å². The van der Waals surface area contributed by atoms with Crippen LogP contribution in [0.4, 0.5) is 18.9 Å². The number of anilines is 1. The molecular formula is C19H17BrF3N3O2. The van der Waals surface area contributed by atoms with Gasteiger partial charge in [-0.15, -0.1) is 0 Å². The molecule has 0 aliphatic carbocycles. The van der Waals surface area contributed by atoms with Crippen LogP contribution in [0.25, 0.3) is 16.9 Å². The van der Waals surface area contributed by atoms with E-state index in [9.17, 15) is 18.0 Å². The number of alkyl halides is 3. The van der Waals surface area contributed by atoms with Crippen molar-refractivity contribution in [2.75, 3.05) is 19.0 Å². The molecule has 0 bridgehead atoms. The number of nitrogens with one attached hydrogen (secondary N) is 1. The van der Waals surface area contributed by atoms with Gasteiger partial charge in [0.1, 0.15) is 0 Å². The molecule has 0 radical (unpaired) electrons. The summed E-state index contributed by atoms with van der Waals surface area (Å²) in [6.07, 6.45) is -1.73. The highest BCUT2D eigenvalue weighted by Crippen LogP contribution is 2.29. The van der Waals surface area contributed by atoms with Crippen LogP contribution in [0, 0.1) is 6.92 Å². The average molecular weight is 456 g/mol. The Morgan fingerprint density at radius 1 is 1.32 bits per heavy atom. The van der Waals surface area contributed by atoms with Gasteiger partial charge in [0.2, 0.25) is 0 Å². The highest BCUT2D eigenvalue weighted by atomic mass is 79.9. The predicted octanol–water partition coefficient (Wildman–Crippen LogP) is 5.22. The fraction of sp³-hybridized carbons (Fsp3) is 0.263. The Labute approximate surface area is 167 Å². The van der Waals surface area contributed by atoms with Crippen molar-refractivity contribution in [3.05, 3.63) is 52.3 Å². The Kier molecular flexibility index (Phi) is 5.64. The second-order valence-corrected chi connectivity index (χ2v) is 7.14. The van der Waals surface area contributed by atoms with E-state index in [2.05, 4.69) is 26.2 Å². The lowest BCUT2D eigenvalue weighted by Gasteiger charge is -2.12. The minimum absolute atomic E-state index is 0.245. The monoisotopic (exact) mass is 455 g/mol. The van der Waals surface area contributed by atoms with Crippen molar-refractivity contribution in [2.45, 2.75) is 19.5 Å². The molecule has 0 atom stereocenters. The number of benzene rings is 1. The molecule has 1 N–H and O–H groups in total. The van der Waals surface area contributed by atoms with Gasteiger partial charge in [-0.25, -0.2) is 9.78 Å². The Morgan fingerprint density at radius 3 is 2.71 bits per heavy atom. The average Bonchev–Trinajstić information content (AvgIpc) is 3.03. The van der Waals surface area contributed by atoms with Gasteiger partial charge in [-0.3, -0.25) is 4.40 Å². The van der Waals surface area contributed by atoms with E-state index in [-0.39, 0.29) is 6.54 Å². The van der Waals surface area contributed by atoms with Crippen molar-refractivity contribution >= 4 is 33.2 Å². The third-order valence-corrected chi connectivity index (χ3v) is 4.66. The van der Waals surface area contributed by atoms with Crippen molar-refractivity contribution in [1.29, 1.82) is 0 Å². The number of methoxy groups -OCH3 is 1. The lowest BCUT2D eigenvalue weighted by molar-refractivity contribution is -0.131. The van der Waals surface area contributed by atoms with Gasteiger partial charge in [-0.1, -0.05) is 6.07 Å². The highest BCUT2D eigenvalue weighted by molar-refractivity contribution is 9.10. The number of ether oxygens (including phenoxy) is 1. The predicted molar refractivity (Wildman–Crippen MR) is 104 cm³/mol. The zero-order chi connectivity index (χ0) is 20.5. The highest BCUT2D eigenvalue weighted by Gasteiger charge is 2.26. The molecule has 0 unspecified atom stereocenters. The quantitative estimate of drug-likeness (QED) is 0.535. The number of halogens is 4. The molecule has 3 aromatic rings. The van der Waals surface area contributed by atoms with E-state index >= 15 is 0 Å². The van der Waals surface area contributed by atoms with Crippen LogP contribution in [0.15, 0.2) is 41.1 Å². The summed E-state index contributed by atoms with van der Waals surface area (Å²) in [5.74, 6) is -0.416. The standard InChI is InChI=1S/C19H17BrF3N3O2/c1-11-7-12(3-4-14(11)18(27)28-2)16-9-25-17-15(8-13(20)10-26(16)17)24-6-5-19(21,22)23/h3-4,7-10,24H,5-6H2,1-2H3. The second-order valence-electron chi connectivity index (χ2n) is 6.22. The van der Waals surface area contributed by atoms with Crippen LogP contribution in [0.1, 0.15) is 22.3 Å². The number of carbonyl (C=O) groups excluding carboxylic acids is 1. The van der Waals surface area contributed by atoms with Crippen LogP contribution >= 0.6 is 15.9 Å². The fourth-order valence-corrected chi connectivity index (χ4v) is 3.33. The first-order valence-electron chi connectivity index (χ1n) is 8.36. The number of pyridine rings is 1. The first-order valence-corrected chi connectivity index (χ1v) is 9.15. The van der Waals surface area contributed by atoms with Crippen molar-refractivity contribution < 1.29 is 22.7 Å². The smallest absolute Gasteiger partial charge is 0.390 e. The minimum Gasteiger partial charge on any atom is -0.465 e. The van der Waals surface area contributed by atoms with Gasteiger partial charge in [0.05, 0.1) is 36.7 Å². The Balaban J connectivity index is 1.98. The number of carbonyl (C=O) groups is 1. The van der Waals surface area contributed by atoms with E-state index in [1.165, 1.54) is 7.11 Å². The molecule has 0 fully saturated rings. The minimum atomic E-state index is -4.23. The summed E-state index contributed by atoms with van der Waals surface area (Å²) < 4.78 is 44.5. The van der Waals surface area contributed by atoms with Gasteiger partial charge < -0.3 is 10.1 Å². The second kappa shape index (κ2) is 7.83. The van der Waals surface area contributed by atoms with Crippen LogP contribution in [0.5, 0.6) is 0 Å². The van der Waals surface area contributed by atoms with Gasteiger partial charge in [0.25, 0.3) is 0 Å². The Hall–Kier alpha value is -2.55. The molecule has 0 aliphatic heterocycles. The summed E-state index contributed by atoms with van der Waals surface area (Å²) in [5.41, 5.74) is 3.78. The van der Waals surface area contributed by atoms with Crippen molar-refractivity contribution in [1.82, 2.24) is 9.38 Å². The maximum Gasteiger partial charge on any atom is 0.390 e. The normalized spacial score (nSPS) is 11.6. The third kappa shape index (κ3) is 4.30. The zero-order valence-corrected chi connectivity index (χ0v) is 16.7. The van der Waals surface area contributed by atoms with Crippen molar-refractivity contribution in [3.8, 4) is 11.3 Å². The molecule has 0 amide bonds. The van der Waals surface area contributed by atoms with Crippen LogP contribution < -0.4 is 5.32 Å². The first-order chi connectivity index (χ1) is 13.2. The number of esters is 1. The van der Waals surface area contributed by atoms with E-state index in [1.807, 2.05) is 6.07 Å². The maximum absolute atomic E-state index is 12.4. The number of aromatic nitrogens is 2. The van der Waals surface area contributed by atoms with Crippen LogP contribution in [0.2, 0.25) is 0 Å². The summed E-state index contributed by atoms with van der Waals surface area (Å²) in [5, 5.41) is 2.80. The molecule has 148 valence electrons. The van der Waals surface area contributed by atoms with Gasteiger partial charge in [-0.05, 0) is 46.6 Å². The maximum atomic E-state index is 12.4. The number of imidazole rings is 1. The topological polar surface area (TPSA) is 55.6 Å². The molecule has 0 aliphatic rings. The summed E-state index contributed by atoms with van der Waals surface area (Å²) >= 11 is 3.39. The molecule has 0 saturated carbocycles. The molecule has 0 saturated heterocycles. The van der Waals surface area contributed by atoms with Crippen molar-refractivity contribution in [3.63, 3.8) is 0 Å². The number of rotatable bonds is 5. The van der Waals surface area contributed by atoms with Crippen LogP contribution in [-0.4, -0.2) is 35.2 Å². The summed E-state index contributed by atoms with van der Waals surface area (Å²) in [4.78, 5) is 16.1. The van der Waals surface area contributed by atoms with Gasteiger partial charge in [0.15, 0.2) is 5.65 Å². The molecule has 9 heteroatoms. The van der Waals surface area contributed by atoms with Gasteiger partial charge >= 0.3 is 12.1 Å². The molecule has 2 heterocycles. The molecular weight excluding hydrogens is 439 g/mol. The van der Waals surface area contributed by atoms with E-state index in [1.54, 1.807) is 41.9 Å². The largest absolute Gasteiger partial charge is 0.465 e. The SMILES string of the molecule is COC(=O)c1ccc(-c2cnc3c(NCCC(F)(F)F)cc(Br)cn23)cc1C. The zero-order valence-electron chi connectivity index (χ0n) is 15.1. The molecule has 28 heavy (non-hydrogen) atoms. The number of hydrogen-bond donors (Lipinski definition) is 1. The Bertz CT molecular complexity index is 1030. The molecule has 2 aromatic heterocycles. The van der Waals surface area contributed by atoms with E-state index < -0.39 is 18.6 Å². The van der Waals surface area contributed by atoms with Gasteiger partial charge in [-0.2, -0.15) is 13.2 Å². The van der Waals surface area contributed by atoms with E-state index in [0.29, 0.717) is 21.4 Å². The summed E-state index contributed by atoms with van der Waals surface area (Å²) in [6.45, 7) is 1.56. The lowest BCUT2D eigenvalue weighted by Crippen LogP contribution is -2.15. The summed E-state index contributed by atoms with van der Waals surface area (Å²) in [6, 6.07) is 6.98. The van der Waals surface area contributed by atoms with E-state index in [4.69, 9.17) is 4.74 Å². The number of fused-ring (bicyclic) bond motifs is 1. The Morgan fingerprint density at radius 2 is 2.07 bits per heavy atom. The first kappa shape index (κ1) is 20.2. The molecule has 1 aromatic carbocycles. The fourth-order valence-electron chi connectivity index (χ4n) is 2.90.